The summed E-state index contributed by atoms with van der Waals surface area (Å²) in [5.41, 5.74) is 2.95. The molecule has 0 spiro atoms. The van der Waals surface area contributed by atoms with Crippen LogP contribution in [0.15, 0.2) is 91.9 Å². The van der Waals surface area contributed by atoms with E-state index in [2.05, 4.69) is 54.2 Å². The van der Waals surface area contributed by atoms with Gasteiger partial charge in [0, 0.05) is 93.9 Å². The average molecular weight is 1850 g/mol. The molecule has 0 unspecified atom stereocenters. The SMILES string of the molecule is CC(=O)c1cnc(Cl)cc1OC1COC1.CCOC(=O)C(=O)CC(=O)c1cnc(Cl)cc1OC1COC1.CCOC(=O)c1cc(-c2cnc(Cl)cc2OC2COC2)n(C)n1.COC(=O)c1cnc(Cl)cc1Cl.COC(=O)c1cnc(Cl)cc1OC1COC1.CON(C)C(=O)c1cnc(Cl)cc1OC1COC1.O=C(O)c1cnc(Cl)cc1OC1COC1. The van der Waals surface area contributed by atoms with Crippen LogP contribution in [0.1, 0.15) is 99.8 Å². The Kier molecular flexibility index (Phi) is 38.2. The number of aromatic nitrogens is 9. The van der Waals surface area contributed by atoms with E-state index in [9.17, 15) is 43.2 Å². The van der Waals surface area contributed by atoms with Gasteiger partial charge >= 0.3 is 29.8 Å². The molecule has 0 atom stereocenters. The van der Waals surface area contributed by atoms with E-state index < -0.39 is 47.8 Å². The van der Waals surface area contributed by atoms with E-state index in [0.29, 0.717) is 142 Å². The summed E-state index contributed by atoms with van der Waals surface area (Å²) in [4.78, 5) is 135. The maximum atomic E-state index is 12.2. The summed E-state index contributed by atoms with van der Waals surface area (Å²) in [5.74, 6) is -3.28. The van der Waals surface area contributed by atoms with Crippen LogP contribution in [0, 0.1) is 0 Å². The number of nitrogens with zero attached hydrogens (tertiary/aromatic N) is 10. The molecule has 6 fully saturated rings. The number of halogens is 8. The number of carboxylic acid groups (broad SMARTS) is 1. The van der Waals surface area contributed by atoms with Gasteiger partial charge in [0.05, 0.1) is 153 Å². The van der Waals surface area contributed by atoms with Crippen LogP contribution in [0.5, 0.6) is 34.5 Å². The van der Waals surface area contributed by atoms with Gasteiger partial charge in [-0.25, -0.2) is 63.9 Å². The number of carbonyl (C=O) groups excluding carboxylic acids is 8. The molecule has 0 saturated carbocycles. The lowest BCUT2D eigenvalue weighted by atomic mass is 10.1. The summed E-state index contributed by atoms with van der Waals surface area (Å²) in [6.45, 7) is 11.1. The molecular formula is C76H76Cl8N10O27. The molecule has 6 aliphatic rings. The number of aromatic carboxylic acids is 1. The molecule has 14 heterocycles. The second-order valence-electron chi connectivity index (χ2n) is 25.0. The fourth-order valence-corrected chi connectivity index (χ4v) is 10.9. The molecule has 1 amide bonds. The molecule has 1 N–H and O–H groups in total. The van der Waals surface area contributed by atoms with E-state index in [1.807, 2.05) is 0 Å². The van der Waals surface area contributed by atoms with E-state index in [1.165, 1.54) is 103 Å². The maximum Gasteiger partial charge on any atom is 0.375 e. The van der Waals surface area contributed by atoms with Gasteiger partial charge < -0.3 is 80.9 Å². The molecule has 6 saturated heterocycles. The summed E-state index contributed by atoms with van der Waals surface area (Å²) in [5, 5.41) is 16.2. The lowest BCUT2D eigenvalue weighted by molar-refractivity contribution is -0.153. The Labute approximate surface area is 729 Å². The van der Waals surface area contributed by atoms with Crippen molar-refractivity contribution in [2.75, 3.05) is 121 Å². The van der Waals surface area contributed by atoms with Crippen molar-refractivity contribution in [2.24, 2.45) is 7.05 Å². The minimum Gasteiger partial charge on any atom is -0.485 e. The highest BCUT2D eigenvalue weighted by atomic mass is 35.5. The molecule has 0 radical (unpaired) electrons. The number of aryl methyl sites for hydroxylation is 1. The predicted octanol–water partition coefficient (Wildman–Crippen LogP) is 10.9. The van der Waals surface area contributed by atoms with Gasteiger partial charge in [0.1, 0.15) is 124 Å². The summed E-state index contributed by atoms with van der Waals surface area (Å²) >= 11 is 45.9. The van der Waals surface area contributed by atoms with E-state index >= 15 is 0 Å². The van der Waals surface area contributed by atoms with Crippen LogP contribution in [0.3, 0.4) is 0 Å². The summed E-state index contributed by atoms with van der Waals surface area (Å²) in [7, 11) is 7.22. The topological polar surface area (TPSA) is 442 Å². The van der Waals surface area contributed by atoms with Crippen LogP contribution in [0.25, 0.3) is 11.3 Å². The van der Waals surface area contributed by atoms with Crippen LogP contribution in [-0.2, 0) is 68.8 Å². The fraction of sp³-hybridized carbons (Fsp3) is 0.382. The molecule has 8 aromatic heterocycles. The number of hydrogen-bond donors (Lipinski definition) is 1. The van der Waals surface area contributed by atoms with Crippen molar-refractivity contribution in [2.45, 2.75) is 63.8 Å². The number of rotatable bonds is 26. The van der Waals surface area contributed by atoms with Crippen LogP contribution < -0.4 is 28.4 Å². The first-order valence-electron chi connectivity index (χ1n) is 35.8. The third-order valence-electron chi connectivity index (χ3n) is 16.2. The number of pyridine rings is 7. The van der Waals surface area contributed by atoms with Crippen molar-refractivity contribution in [3.05, 3.63) is 172 Å². The molecule has 648 valence electrons. The number of hydroxylamine groups is 2. The first kappa shape index (κ1) is 96.4. The van der Waals surface area contributed by atoms with Gasteiger partial charge in [-0.1, -0.05) is 92.8 Å². The zero-order valence-electron chi connectivity index (χ0n) is 65.3. The van der Waals surface area contributed by atoms with Crippen LogP contribution in [0.4, 0.5) is 0 Å². The van der Waals surface area contributed by atoms with Gasteiger partial charge in [-0.3, -0.25) is 28.7 Å². The summed E-state index contributed by atoms with van der Waals surface area (Å²) in [6, 6.07) is 12.0. The smallest absolute Gasteiger partial charge is 0.375 e. The number of ketones is 3. The predicted molar refractivity (Wildman–Crippen MR) is 429 cm³/mol. The number of esters is 4. The van der Waals surface area contributed by atoms with Crippen molar-refractivity contribution in [3.63, 3.8) is 0 Å². The monoisotopic (exact) mass is 1840 g/mol. The Hall–Kier alpha value is -10.1. The van der Waals surface area contributed by atoms with Gasteiger partial charge in [0.25, 0.3) is 5.91 Å². The van der Waals surface area contributed by atoms with Crippen LogP contribution in [0.2, 0.25) is 41.1 Å². The first-order chi connectivity index (χ1) is 57.9. The van der Waals surface area contributed by atoms with Gasteiger partial charge in [-0.05, 0) is 32.9 Å². The minimum absolute atomic E-state index is 0.00583. The largest absolute Gasteiger partial charge is 0.485 e. The second kappa shape index (κ2) is 48.0. The normalized spacial score (nSPS) is 14.4. The number of ether oxygens (including phenoxy) is 16. The number of methoxy groups -OCH3 is 2. The van der Waals surface area contributed by atoms with Crippen molar-refractivity contribution in [1.29, 1.82) is 0 Å². The van der Waals surface area contributed by atoms with Crippen molar-refractivity contribution in [3.8, 4) is 45.8 Å². The molecule has 6 aliphatic heterocycles. The van der Waals surface area contributed by atoms with E-state index in [1.54, 1.807) is 50.0 Å². The highest BCUT2D eigenvalue weighted by Crippen LogP contribution is 2.35. The van der Waals surface area contributed by atoms with E-state index in [-0.39, 0.29) is 125 Å². The standard InChI is InChI=1S/C15H16ClN3O4.C14H14ClNO6.C11H13ClN2O4.C10H10ClNO4.C10H10ClNO3.C9H8ClNO4.C7H5Cl2NO2/c1-3-22-15(20)11-4-12(19(2)18-11)10-6-17-14(16)5-13(10)23-9-7-21-8-9;1-2-21-14(19)11(18)3-10(17)9-5-16-13(15)4-12(9)22-8-6-20-7-8;1-14(16-2)11(15)8-4-13-10(12)3-9(8)18-7-5-17-6-7;1-14-10(13)7-3-12-9(11)2-8(7)16-6-4-15-5-6;1-6(13)8-3-12-10(11)2-9(8)15-7-4-14-5-7;10-8-1-7(15-5-3-14-4-5)6(2-11-8)9(12)13;1-12-7(11)4-3-10-6(9)2-5(4)8/h4-6,9H,3,7-8H2,1-2H3;4-5,8H,2-3,6-7H2,1H3;3-4,7H,5-6H2,1-2H3;2-3,6H,4-5H2,1H3;2-3,7H,4-5H2,1H3;1-2,5H,3-4H2,(H,12,13);2-3H,1H3. The Morgan fingerprint density at radius 2 is 0.760 bits per heavy atom. The molecule has 0 aromatic carbocycles. The molecule has 37 nitrogen and oxygen atoms in total. The lowest BCUT2D eigenvalue weighted by Gasteiger charge is -2.27. The molecule has 45 heteroatoms. The van der Waals surface area contributed by atoms with Crippen LogP contribution in [-0.4, -0.2) is 265 Å². The summed E-state index contributed by atoms with van der Waals surface area (Å²) < 4.78 is 83.7. The number of hydrogen-bond acceptors (Lipinski definition) is 34. The Morgan fingerprint density at radius 3 is 1.14 bits per heavy atom. The van der Waals surface area contributed by atoms with Crippen molar-refractivity contribution >= 4 is 146 Å². The second-order valence-corrected chi connectivity index (χ2v) is 28.1. The third-order valence-corrected chi connectivity index (χ3v) is 18.0. The molecule has 8 aromatic rings. The molecular weight excluding hydrogens is 1770 g/mol. The molecule has 14 rings (SSSR count). The van der Waals surface area contributed by atoms with E-state index in [4.69, 9.17) is 164 Å². The quantitative estimate of drug-likeness (QED) is 0.0100. The van der Waals surface area contributed by atoms with Crippen molar-refractivity contribution in [1.82, 2.24) is 49.7 Å². The average Bonchev–Trinajstić information content (AvgIpc) is 1.23. The van der Waals surface area contributed by atoms with Gasteiger partial charge in [0.2, 0.25) is 5.78 Å². The lowest BCUT2D eigenvalue weighted by Crippen LogP contribution is -2.39. The zero-order chi connectivity index (χ0) is 88.0. The Balaban J connectivity index is 0.000000177. The highest BCUT2D eigenvalue weighted by Gasteiger charge is 2.31. The maximum absolute atomic E-state index is 12.2. The first-order valence-corrected chi connectivity index (χ1v) is 38.8. The highest BCUT2D eigenvalue weighted by molar-refractivity contribution is 6.38. The number of carbonyl (C=O) groups is 9. The number of amides is 1. The van der Waals surface area contributed by atoms with Crippen molar-refractivity contribution < 1.29 is 129 Å². The molecule has 0 aliphatic carbocycles. The van der Waals surface area contributed by atoms with Gasteiger partial charge in [-0.2, -0.15) is 5.10 Å². The van der Waals surface area contributed by atoms with Gasteiger partial charge in [0.15, 0.2) is 17.3 Å². The number of carboxylic acids is 1. The van der Waals surface area contributed by atoms with E-state index in [0.717, 1.165) is 5.06 Å². The van der Waals surface area contributed by atoms with Gasteiger partial charge in [-0.15, -0.1) is 0 Å². The zero-order valence-corrected chi connectivity index (χ0v) is 71.3. The Bertz CT molecular complexity index is 4880. The number of Topliss-reactive ketones (excluding diaryl/α,β-unsaturated/α-hetero) is 3. The summed E-state index contributed by atoms with van der Waals surface area (Å²) in [6.07, 6.45) is 8.44. The third kappa shape index (κ3) is 29.3. The molecule has 0 bridgehead atoms. The molecule has 121 heavy (non-hydrogen) atoms. The fourth-order valence-electron chi connectivity index (χ4n) is 9.55. The Morgan fingerprint density at radius 1 is 0.430 bits per heavy atom. The van der Waals surface area contributed by atoms with Crippen LogP contribution >= 0.6 is 92.8 Å². The minimum atomic E-state index is -1.09.